The molecule has 1 aromatic carbocycles. The standard InChI is InChI=1S/C19H21FN2O3/c1-4-11(3)19(8-15(23)24)18-12(5-6-25-19)16-13(9-21)14(20)7-10(2)17(16)22-18/h7,11,22H,4-6,8H2,1-3H3,(H,23,24)/t11-,19-/m0/s1. The maximum Gasteiger partial charge on any atom is 0.306 e. The molecule has 2 atom stereocenters. The van der Waals surface area contributed by atoms with Crippen molar-refractivity contribution < 1.29 is 19.0 Å². The van der Waals surface area contributed by atoms with Gasteiger partial charge in [-0.15, -0.1) is 0 Å². The third-order valence-corrected chi connectivity index (χ3v) is 5.40. The zero-order chi connectivity index (χ0) is 18.4. The van der Waals surface area contributed by atoms with Gasteiger partial charge < -0.3 is 14.8 Å². The highest BCUT2D eigenvalue weighted by Gasteiger charge is 2.46. The molecule has 5 nitrogen and oxygen atoms in total. The molecule has 0 aliphatic carbocycles. The fraction of sp³-hybridized carbons (Fsp3) is 0.474. The van der Waals surface area contributed by atoms with Gasteiger partial charge in [-0.05, 0) is 36.5 Å². The van der Waals surface area contributed by atoms with Gasteiger partial charge in [-0.2, -0.15) is 5.26 Å². The van der Waals surface area contributed by atoms with E-state index in [1.165, 1.54) is 6.07 Å². The van der Waals surface area contributed by atoms with Crippen LogP contribution in [0.25, 0.3) is 10.9 Å². The predicted molar refractivity (Wildman–Crippen MR) is 90.8 cm³/mol. The molecule has 0 amide bonds. The number of carboxylic acid groups (broad SMARTS) is 1. The average molecular weight is 344 g/mol. The topological polar surface area (TPSA) is 86.1 Å². The normalized spacial score (nSPS) is 20.9. The molecule has 0 fully saturated rings. The van der Waals surface area contributed by atoms with Crippen LogP contribution in [0.1, 0.15) is 49.1 Å². The molecule has 3 rings (SSSR count). The van der Waals surface area contributed by atoms with Crippen molar-refractivity contribution in [2.75, 3.05) is 6.61 Å². The SMILES string of the molecule is CC[C@H](C)[C@]1(CC(=O)O)OCCc2c1[nH]c1c(C)cc(F)c(C#N)c21. The van der Waals surface area contributed by atoms with Crippen LogP contribution in [0.2, 0.25) is 0 Å². The van der Waals surface area contributed by atoms with Crippen LogP contribution < -0.4 is 0 Å². The van der Waals surface area contributed by atoms with Gasteiger partial charge in [0.1, 0.15) is 17.5 Å². The third kappa shape index (κ3) is 2.50. The van der Waals surface area contributed by atoms with Crippen LogP contribution in [-0.4, -0.2) is 22.7 Å². The van der Waals surface area contributed by atoms with E-state index < -0.39 is 17.4 Å². The van der Waals surface area contributed by atoms with Gasteiger partial charge in [0.15, 0.2) is 0 Å². The lowest BCUT2D eigenvalue weighted by molar-refractivity contribution is -0.155. The van der Waals surface area contributed by atoms with E-state index in [2.05, 4.69) is 4.98 Å². The monoisotopic (exact) mass is 344 g/mol. The summed E-state index contributed by atoms with van der Waals surface area (Å²) in [6.07, 6.45) is 1.08. The predicted octanol–water partition coefficient (Wildman–Crippen LogP) is 3.78. The molecule has 2 N–H and O–H groups in total. The van der Waals surface area contributed by atoms with E-state index in [0.717, 1.165) is 12.0 Å². The minimum atomic E-state index is -0.997. The van der Waals surface area contributed by atoms with Gasteiger partial charge >= 0.3 is 5.97 Å². The highest BCUT2D eigenvalue weighted by molar-refractivity contribution is 5.93. The van der Waals surface area contributed by atoms with E-state index in [-0.39, 0.29) is 17.9 Å². The lowest BCUT2D eigenvalue weighted by Crippen LogP contribution is -2.43. The molecule has 0 unspecified atom stereocenters. The van der Waals surface area contributed by atoms with Crippen molar-refractivity contribution in [1.29, 1.82) is 5.26 Å². The summed E-state index contributed by atoms with van der Waals surface area (Å²) in [6, 6.07) is 3.30. The number of nitrogens with one attached hydrogen (secondary N) is 1. The first-order valence-corrected chi connectivity index (χ1v) is 8.45. The van der Waals surface area contributed by atoms with Gasteiger partial charge in [-0.3, -0.25) is 4.79 Å². The fourth-order valence-corrected chi connectivity index (χ4v) is 3.95. The molecule has 1 aliphatic heterocycles. The molecule has 132 valence electrons. The Morgan fingerprint density at radius 1 is 1.60 bits per heavy atom. The molecule has 1 aromatic heterocycles. The minimum absolute atomic E-state index is 0.00776. The molecule has 25 heavy (non-hydrogen) atoms. The van der Waals surface area contributed by atoms with Gasteiger partial charge in [-0.25, -0.2) is 4.39 Å². The quantitative estimate of drug-likeness (QED) is 0.884. The number of halogens is 1. The van der Waals surface area contributed by atoms with Crippen LogP contribution in [0.5, 0.6) is 0 Å². The smallest absolute Gasteiger partial charge is 0.306 e. The Kier molecular flexibility index (Phi) is 4.29. The van der Waals surface area contributed by atoms with Crippen molar-refractivity contribution in [2.45, 2.75) is 45.6 Å². The Hall–Kier alpha value is -2.39. The third-order valence-electron chi connectivity index (χ3n) is 5.40. The van der Waals surface area contributed by atoms with Crippen LogP contribution >= 0.6 is 0 Å². The lowest BCUT2D eigenvalue weighted by atomic mass is 9.77. The number of rotatable bonds is 4. The molecule has 0 saturated carbocycles. The van der Waals surface area contributed by atoms with E-state index in [1.54, 1.807) is 6.92 Å². The average Bonchev–Trinajstić information content (AvgIpc) is 2.95. The molecule has 0 radical (unpaired) electrons. The number of ether oxygens (including phenoxy) is 1. The Morgan fingerprint density at radius 2 is 2.32 bits per heavy atom. The number of aromatic amines is 1. The summed E-state index contributed by atoms with van der Waals surface area (Å²) in [4.78, 5) is 14.8. The first-order chi connectivity index (χ1) is 11.9. The van der Waals surface area contributed by atoms with Crippen LogP contribution in [0.3, 0.4) is 0 Å². The fourth-order valence-electron chi connectivity index (χ4n) is 3.95. The number of aromatic nitrogens is 1. The van der Waals surface area contributed by atoms with Gasteiger partial charge in [-0.1, -0.05) is 20.3 Å². The number of benzene rings is 1. The van der Waals surface area contributed by atoms with Crippen LogP contribution in [-0.2, 0) is 21.6 Å². The van der Waals surface area contributed by atoms with Crippen molar-refractivity contribution in [3.63, 3.8) is 0 Å². The first-order valence-electron chi connectivity index (χ1n) is 8.45. The zero-order valence-corrected chi connectivity index (χ0v) is 14.6. The van der Waals surface area contributed by atoms with E-state index in [9.17, 15) is 19.6 Å². The minimum Gasteiger partial charge on any atom is -0.481 e. The van der Waals surface area contributed by atoms with Crippen molar-refractivity contribution in [3.05, 3.63) is 34.3 Å². The number of H-pyrrole nitrogens is 1. The lowest BCUT2D eigenvalue weighted by Gasteiger charge is -2.40. The summed E-state index contributed by atoms with van der Waals surface area (Å²) >= 11 is 0. The Labute approximate surface area is 145 Å². The summed E-state index contributed by atoms with van der Waals surface area (Å²) in [5.74, 6) is -1.55. The molecular weight excluding hydrogens is 323 g/mol. The maximum atomic E-state index is 14.3. The number of fused-ring (bicyclic) bond motifs is 3. The largest absolute Gasteiger partial charge is 0.481 e. The highest BCUT2D eigenvalue weighted by atomic mass is 19.1. The molecule has 2 heterocycles. The number of nitriles is 1. The number of carboxylic acids is 1. The van der Waals surface area contributed by atoms with E-state index in [1.807, 2.05) is 19.9 Å². The second-order valence-electron chi connectivity index (χ2n) is 6.76. The van der Waals surface area contributed by atoms with E-state index in [4.69, 9.17) is 4.74 Å². The molecular formula is C19H21FN2O3. The Bertz CT molecular complexity index is 896. The van der Waals surface area contributed by atoms with Gasteiger partial charge in [0.05, 0.1) is 29.8 Å². The first kappa shape index (κ1) is 17.4. The molecule has 0 spiro atoms. The Morgan fingerprint density at radius 3 is 2.92 bits per heavy atom. The summed E-state index contributed by atoms with van der Waals surface area (Å²) in [5.41, 5.74) is 1.87. The van der Waals surface area contributed by atoms with Crippen LogP contribution in [0, 0.1) is 30.0 Å². The van der Waals surface area contributed by atoms with Crippen LogP contribution in [0.15, 0.2) is 6.07 Å². The molecule has 0 bridgehead atoms. The number of carbonyl (C=O) groups is 1. The van der Waals surface area contributed by atoms with Crippen molar-refractivity contribution in [1.82, 2.24) is 4.98 Å². The Balaban J connectivity index is 2.38. The summed E-state index contributed by atoms with van der Waals surface area (Å²) in [6.45, 7) is 6.07. The van der Waals surface area contributed by atoms with Gasteiger partial charge in [0, 0.05) is 5.39 Å². The number of aliphatic carboxylic acids is 1. The zero-order valence-electron chi connectivity index (χ0n) is 14.6. The number of hydrogen-bond donors (Lipinski definition) is 2. The molecule has 0 saturated heterocycles. The number of aryl methyl sites for hydroxylation is 1. The second kappa shape index (κ2) is 6.16. The summed E-state index contributed by atoms with van der Waals surface area (Å²) < 4.78 is 20.3. The van der Waals surface area contributed by atoms with Gasteiger partial charge in [0.25, 0.3) is 0 Å². The van der Waals surface area contributed by atoms with Crippen molar-refractivity contribution in [3.8, 4) is 6.07 Å². The van der Waals surface area contributed by atoms with Crippen LogP contribution in [0.4, 0.5) is 4.39 Å². The van der Waals surface area contributed by atoms with E-state index in [0.29, 0.717) is 35.2 Å². The van der Waals surface area contributed by atoms with E-state index >= 15 is 0 Å². The number of hydrogen-bond acceptors (Lipinski definition) is 3. The second-order valence-corrected chi connectivity index (χ2v) is 6.76. The van der Waals surface area contributed by atoms with Crippen molar-refractivity contribution >= 4 is 16.9 Å². The maximum absolute atomic E-state index is 14.3. The number of nitrogens with zero attached hydrogens (tertiary/aromatic N) is 1. The molecule has 6 heteroatoms. The molecule has 1 aliphatic rings. The molecule has 2 aromatic rings. The summed E-state index contributed by atoms with van der Waals surface area (Å²) in [7, 11) is 0. The summed E-state index contributed by atoms with van der Waals surface area (Å²) in [5, 5.41) is 19.5. The highest BCUT2D eigenvalue weighted by Crippen LogP contribution is 2.46. The van der Waals surface area contributed by atoms with Crippen molar-refractivity contribution in [2.24, 2.45) is 5.92 Å². The van der Waals surface area contributed by atoms with Gasteiger partial charge in [0.2, 0.25) is 0 Å².